The van der Waals surface area contributed by atoms with Crippen molar-refractivity contribution in [3.8, 4) is 0 Å². The quantitative estimate of drug-likeness (QED) is 0.321. The molecule has 0 atom stereocenters. The number of amides is 4. The third kappa shape index (κ3) is 7.09. The zero-order valence-corrected chi connectivity index (χ0v) is 22.5. The van der Waals surface area contributed by atoms with Crippen LogP contribution in [-0.4, -0.2) is 52.0 Å². The van der Waals surface area contributed by atoms with Crippen molar-refractivity contribution in [1.29, 1.82) is 0 Å². The van der Waals surface area contributed by atoms with E-state index in [-0.39, 0.29) is 81.3 Å². The molecule has 32 heavy (non-hydrogen) atoms. The zero-order valence-electron chi connectivity index (χ0n) is 17.8. The topological polar surface area (TPSA) is 120 Å². The van der Waals surface area contributed by atoms with Crippen LogP contribution in [0.15, 0.2) is 48.5 Å². The molecule has 0 aromatic heterocycles. The molecule has 2 aliphatic rings. The monoisotopic (exact) mass is 524 g/mol. The fourth-order valence-electron chi connectivity index (χ4n) is 2.67. The van der Waals surface area contributed by atoms with Crippen molar-refractivity contribution in [2.24, 2.45) is 0 Å². The molecule has 0 spiro atoms. The predicted molar refractivity (Wildman–Crippen MR) is 115 cm³/mol. The molecule has 2 aromatic rings. The van der Waals surface area contributed by atoms with Gasteiger partial charge < -0.3 is 14.9 Å². The molecule has 2 heterocycles. The van der Waals surface area contributed by atoms with Crippen LogP contribution in [0.25, 0.3) is 5.32 Å². The standard InChI is InChI=1S/C11H9NO3.C8H5NO2.C3H5BrO.K/c1-7(13)6-12-10(14)8-4-2-3-5-9(8)11(12)15;10-7-5-3-1-2-4-6(5)8(11)9-7;1-3(5)2-4;/h2-5H,6H2,1H3;1-4H,(H,9,10,11);2H2,1H3;/q;;;+1/p-1. The Morgan fingerprint density at radius 3 is 1.41 bits per heavy atom. The van der Waals surface area contributed by atoms with Gasteiger partial charge in [0.05, 0.1) is 34.8 Å². The molecule has 2 aromatic carbocycles. The molecule has 4 rings (SSSR count). The van der Waals surface area contributed by atoms with E-state index in [9.17, 15) is 28.8 Å². The van der Waals surface area contributed by atoms with Crippen LogP contribution >= 0.6 is 15.9 Å². The van der Waals surface area contributed by atoms with Crippen molar-refractivity contribution >= 4 is 51.1 Å². The van der Waals surface area contributed by atoms with E-state index in [1.807, 2.05) is 0 Å². The van der Waals surface area contributed by atoms with Gasteiger partial charge in [-0.1, -0.05) is 52.3 Å². The summed E-state index contributed by atoms with van der Waals surface area (Å²) in [4.78, 5) is 66.8. The van der Waals surface area contributed by atoms with Crippen LogP contribution in [0.4, 0.5) is 0 Å². The van der Waals surface area contributed by atoms with Crippen LogP contribution in [0.2, 0.25) is 0 Å². The summed E-state index contributed by atoms with van der Waals surface area (Å²) in [5, 5.41) is 3.76. The maximum absolute atomic E-state index is 11.7. The number of nitrogens with zero attached hydrogens (tertiary/aromatic N) is 2. The predicted octanol–water partition coefficient (Wildman–Crippen LogP) is 0.200. The summed E-state index contributed by atoms with van der Waals surface area (Å²) in [5.41, 5.74) is 1.59. The molecular weight excluding hydrogens is 507 g/mol. The Labute approximate surface area is 235 Å². The van der Waals surface area contributed by atoms with Gasteiger partial charge in [0, 0.05) is 11.1 Å². The minimum atomic E-state index is -0.425. The Balaban J connectivity index is 0.000000266. The van der Waals surface area contributed by atoms with Gasteiger partial charge in [0.25, 0.3) is 11.8 Å². The van der Waals surface area contributed by atoms with Gasteiger partial charge in [0.15, 0.2) is 0 Å². The van der Waals surface area contributed by atoms with Gasteiger partial charge in [-0.2, -0.15) is 0 Å². The molecule has 0 saturated heterocycles. The van der Waals surface area contributed by atoms with Gasteiger partial charge in [-0.3, -0.25) is 24.1 Å². The van der Waals surface area contributed by atoms with E-state index in [0.717, 1.165) is 4.90 Å². The number of carbonyl (C=O) groups is 6. The number of halogens is 1. The average molecular weight is 525 g/mol. The number of alkyl halides is 1. The Bertz CT molecular complexity index is 1020. The van der Waals surface area contributed by atoms with Gasteiger partial charge in [-0.05, 0) is 26.0 Å². The largest absolute Gasteiger partial charge is 1.00 e. The van der Waals surface area contributed by atoms with Crippen LogP contribution in [0.3, 0.4) is 0 Å². The fraction of sp³-hybridized carbons (Fsp3) is 0.182. The number of imide groups is 2. The second kappa shape index (κ2) is 13.0. The summed E-state index contributed by atoms with van der Waals surface area (Å²) in [5.74, 6) is -1.65. The second-order valence-corrected chi connectivity index (χ2v) is 7.11. The molecule has 4 amide bonds. The molecule has 0 N–H and O–H groups in total. The van der Waals surface area contributed by atoms with E-state index in [1.165, 1.54) is 13.8 Å². The van der Waals surface area contributed by atoms with Crippen molar-refractivity contribution in [1.82, 2.24) is 4.90 Å². The second-order valence-electron chi connectivity index (χ2n) is 6.55. The van der Waals surface area contributed by atoms with Gasteiger partial charge in [0.1, 0.15) is 11.6 Å². The van der Waals surface area contributed by atoms with Crippen molar-refractivity contribution in [2.45, 2.75) is 13.8 Å². The summed E-state index contributed by atoms with van der Waals surface area (Å²) in [6.07, 6.45) is 0. The van der Waals surface area contributed by atoms with E-state index < -0.39 is 11.8 Å². The normalized spacial score (nSPS) is 12.9. The molecule has 0 radical (unpaired) electrons. The third-order valence-corrected chi connectivity index (χ3v) is 4.83. The Hall–Kier alpha value is -1.82. The Morgan fingerprint density at radius 2 is 1.09 bits per heavy atom. The van der Waals surface area contributed by atoms with Crippen LogP contribution < -0.4 is 51.4 Å². The summed E-state index contributed by atoms with van der Waals surface area (Å²) >= 11 is 2.96. The van der Waals surface area contributed by atoms with E-state index in [2.05, 4.69) is 21.2 Å². The first-order valence-corrected chi connectivity index (χ1v) is 10.2. The van der Waals surface area contributed by atoms with Gasteiger partial charge in [-0.15, -0.1) is 0 Å². The summed E-state index contributed by atoms with van der Waals surface area (Å²) < 4.78 is 0. The average Bonchev–Trinajstić information content (AvgIpc) is 3.17. The molecule has 2 aliphatic heterocycles. The number of hydrogen-bond acceptors (Lipinski definition) is 6. The first-order valence-electron chi connectivity index (χ1n) is 9.06. The first-order chi connectivity index (χ1) is 14.7. The number of Topliss-reactive ketones (excluding diaryl/α,β-unsaturated/α-hetero) is 2. The molecular formula is C22H18BrKN2O6. The molecule has 10 heteroatoms. The van der Waals surface area contributed by atoms with Crippen LogP contribution in [0.1, 0.15) is 55.3 Å². The van der Waals surface area contributed by atoms with E-state index in [4.69, 9.17) is 0 Å². The van der Waals surface area contributed by atoms with E-state index in [1.54, 1.807) is 48.5 Å². The SMILES string of the molecule is CC(=O)CBr.CC(=O)CN1C(=O)c2ccccc2C1=O.O=C1[N-]C(=O)c2ccccc21.[K+]. The molecule has 8 nitrogen and oxygen atoms in total. The van der Waals surface area contributed by atoms with Crippen molar-refractivity contribution < 1.29 is 80.2 Å². The van der Waals surface area contributed by atoms with Crippen LogP contribution in [0.5, 0.6) is 0 Å². The number of fused-ring (bicyclic) bond motifs is 2. The van der Waals surface area contributed by atoms with Gasteiger partial charge in [-0.25, -0.2) is 0 Å². The number of carbonyl (C=O) groups excluding carboxylic acids is 6. The van der Waals surface area contributed by atoms with Crippen molar-refractivity contribution in [3.05, 3.63) is 76.1 Å². The smallest absolute Gasteiger partial charge is 0.587 e. The summed E-state index contributed by atoms with van der Waals surface area (Å²) in [6, 6.07) is 13.2. The van der Waals surface area contributed by atoms with Gasteiger partial charge >= 0.3 is 51.4 Å². The first kappa shape index (κ1) is 28.2. The molecule has 0 fully saturated rings. The maximum atomic E-state index is 11.7. The fourth-order valence-corrected chi connectivity index (χ4v) is 2.67. The molecule has 0 unspecified atom stereocenters. The molecule has 0 saturated carbocycles. The number of rotatable bonds is 3. The third-order valence-electron chi connectivity index (χ3n) is 4.04. The number of ketones is 2. The van der Waals surface area contributed by atoms with Crippen LogP contribution in [0, 0.1) is 0 Å². The minimum absolute atomic E-state index is 0. The van der Waals surface area contributed by atoms with Crippen molar-refractivity contribution in [2.75, 3.05) is 11.9 Å². The maximum Gasteiger partial charge on any atom is 1.00 e. The number of hydrogen-bond donors (Lipinski definition) is 0. The molecule has 160 valence electrons. The van der Waals surface area contributed by atoms with E-state index in [0.29, 0.717) is 27.6 Å². The number of benzene rings is 2. The summed E-state index contributed by atoms with van der Waals surface area (Å²) in [6.45, 7) is 2.74. The summed E-state index contributed by atoms with van der Waals surface area (Å²) in [7, 11) is 0. The van der Waals surface area contributed by atoms with Gasteiger partial charge in [0.2, 0.25) is 0 Å². The van der Waals surface area contributed by atoms with Crippen molar-refractivity contribution in [3.63, 3.8) is 0 Å². The molecule has 0 bridgehead atoms. The van der Waals surface area contributed by atoms with E-state index >= 15 is 0 Å². The minimum Gasteiger partial charge on any atom is -0.587 e. The Morgan fingerprint density at radius 1 is 0.750 bits per heavy atom. The molecule has 0 aliphatic carbocycles. The van der Waals surface area contributed by atoms with Crippen LogP contribution in [-0.2, 0) is 9.59 Å². The zero-order chi connectivity index (χ0) is 23.1. The Kier molecular flexibility index (Phi) is 11.5.